The minimum absolute atomic E-state index is 0.153. The summed E-state index contributed by atoms with van der Waals surface area (Å²) in [5.41, 5.74) is 7.29. The summed E-state index contributed by atoms with van der Waals surface area (Å²) in [5, 5.41) is 14.0. The normalized spacial score (nSPS) is 11.5. The molecule has 0 radical (unpaired) electrons. The highest BCUT2D eigenvalue weighted by Gasteiger charge is 2.06. The zero-order valence-electron chi connectivity index (χ0n) is 10.8. The molecule has 1 aromatic carbocycles. The molecule has 7 heteroatoms. The molecule has 1 heterocycles. The lowest BCUT2D eigenvalue weighted by molar-refractivity contribution is 0.0953. The Hall–Kier alpha value is -2.70. The van der Waals surface area contributed by atoms with E-state index in [0.29, 0.717) is 30.5 Å². The third-order valence-corrected chi connectivity index (χ3v) is 2.76. The number of benzene rings is 1. The van der Waals surface area contributed by atoms with Crippen LogP contribution in [0.15, 0.2) is 35.7 Å². The largest absolute Gasteiger partial charge is 0.409 e. The van der Waals surface area contributed by atoms with E-state index < -0.39 is 0 Å². The first kappa shape index (κ1) is 13.7. The summed E-state index contributed by atoms with van der Waals surface area (Å²) in [6.07, 6.45) is 4.23. The van der Waals surface area contributed by atoms with Gasteiger partial charge in [0, 0.05) is 30.9 Å². The number of nitrogens with one attached hydrogen (secondary N) is 1. The molecular weight excluding hydrogens is 258 g/mol. The van der Waals surface area contributed by atoms with Crippen LogP contribution in [0.2, 0.25) is 0 Å². The Morgan fingerprint density at radius 2 is 2.05 bits per heavy atom. The zero-order valence-corrected chi connectivity index (χ0v) is 10.8. The third-order valence-electron chi connectivity index (χ3n) is 2.76. The van der Waals surface area contributed by atoms with E-state index in [1.165, 1.54) is 0 Å². The quantitative estimate of drug-likeness (QED) is 0.246. The van der Waals surface area contributed by atoms with Gasteiger partial charge in [0.25, 0.3) is 5.91 Å². The van der Waals surface area contributed by atoms with Crippen LogP contribution in [0.1, 0.15) is 23.2 Å². The lowest BCUT2D eigenvalue weighted by Crippen LogP contribution is -2.25. The molecule has 0 aliphatic heterocycles. The SMILES string of the molecule is NC(CCCNC(=O)c1ccc2nccnc2c1)=NO. The summed E-state index contributed by atoms with van der Waals surface area (Å²) in [6, 6.07) is 5.16. The molecule has 0 fully saturated rings. The Kier molecular flexibility index (Phi) is 4.43. The van der Waals surface area contributed by atoms with Crippen molar-refractivity contribution in [2.45, 2.75) is 12.8 Å². The number of carbonyl (C=O) groups excluding carboxylic acids is 1. The van der Waals surface area contributed by atoms with Crippen molar-refractivity contribution in [1.82, 2.24) is 15.3 Å². The molecule has 7 nitrogen and oxygen atoms in total. The number of amides is 1. The van der Waals surface area contributed by atoms with Crippen molar-refractivity contribution in [1.29, 1.82) is 0 Å². The van der Waals surface area contributed by atoms with E-state index in [4.69, 9.17) is 10.9 Å². The Labute approximate surface area is 115 Å². The number of carbonyl (C=O) groups is 1. The Balaban J connectivity index is 1.94. The first-order valence-corrected chi connectivity index (χ1v) is 6.16. The third kappa shape index (κ3) is 3.41. The first-order valence-electron chi connectivity index (χ1n) is 6.16. The summed E-state index contributed by atoms with van der Waals surface area (Å²) in [5.74, 6) is -0.0303. The van der Waals surface area contributed by atoms with Gasteiger partial charge in [-0.2, -0.15) is 0 Å². The molecule has 2 aromatic rings. The summed E-state index contributed by atoms with van der Waals surface area (Å²) in [4.78, 5) is 20.2. The first-order chi connectivity index (χ1) is 9.70. The second kappa shape index (κ2) is 6.46. The fourth-order valence-electron chi connectivity index (χ4n) is 1.73. The number of oxime groups is 1. The summed E-state index contributed by atoms with van der Waals surface area (Å²) in [6.45, 7) is 0.452. The van der Waals surface area contributed by atoms with Gasteiger partial charge in [-0.3, -0.25) is 14.8 Å². The van der Waals surface area contributed by atoms with Gasteiger partial charge in [-0.05, 0) is 24.6 Å². The second-order valence-corrected chi connectivity index (χ2v) is 4.21. The summed E-state index contributed by atoms with van der Waals surface area (Å²) < 4.78 is 0. The smallest absolute Gasteiger partial charge is 0.251 e. The lowest BCUT2D eigenvalue weighted by Gasteiger charge is -2.05. The fourth-order valence-corrected chi connectivity index (χ4v) is 1.73. The molecule has 0 bridgehead atoms. The predicted octanol–water partition coefficient (Wildman–Crippen LogP) is 0.886. The van der Waals surface area contributed by atoms with Gasteiger partial charge in [-0.15, -0.1) is 0 Å². The van der Waals surface area contributed by atoms with Gasteiger partial charge in [-0.1, -0.05) is 5.16 Å². The maximum atomic E-state index is 11.9. The monoisotopic (exact) mass is 273 g/mol. The van der Waals surface area contributed by atoms with Crippen LogP contribution in [-0.4, -0.2) is 33.5 Å². The Morgan fingerprint density at radius 1 is 1.30 bits per heavy atom. The van der Waals surface area contributed by atoms with Crippen molar-refractivity contribution < 1.29 is 10.0 Å². The van der Waals surface area contributed by atoms with Crippen molar-refractivity contribution in [3.8, 4) is 0 Å². The van der Waals surface area contributed by atoms with Gasteiger partial charge in [0.1, 0.15) is 5.84 Å². The number of aromatic nitrogens is 2. The second-order valence-electron chi connectivity index (χ2n) is 4.21. The number of nitrogens with two attached hydrogens (primary N) is 1. The summed E-state index contributed by atoms with van der Waals surface area (Å²) in [7, 11) is 0. The Morgan fingerprint density at radius 3 is 2.80 bits per heavy atom. The molecule has 2 rings (SSSR count). The van der Waals surface area contributed by atoms with Crippen LogP contribution < -0.4 is 11.1 Å². The van der Waals surface area contributed by atoms with Crippen molar-refractivity contribution in [2.24, 2.45) is 10.9 Å². The van der Waals surface area contributed by atoms with Crippen LogP contribution in [0.4, 0.5) is 0 Å². The van der Waals surface area contributed by atoms with Crippen molar-refractivity contribution in [2.75, 3.05) is 6.54 Å². The lowest BCUT2D eigenvalue weighted by atomic mass is 10.2. The van der Waals surface area contributed by atoms with E-state index in [1.54, 1.807) is 30.6 Å². The number of amidine groups is 1. The number of nitrogens with zero attached hydrogens (tertiary/aromatic N) is 3. The van der Waals surface area contributed by atoms with Gasteiger partial charge in [0.15, 0.2) is 0 Å². The number of hydrogen-bond donors (Lipinski definition) is 3. The van der Waals surface area contributed by atoms with Crippen LogP contribution >= 0.6 is 0 Å². The average molecular weight is 273 g/mol. The minimum atomic E-state index is -0.183. The molecule has 0 saturated heterocycles. The van der Waals surface area contributed by atoms with Gasteiger partial charge in [0.05, 0.1) is 11.0 Å². The molecule has 0 saturated carbocycles. The van der Waals surface area contributed by atoms with Crippen molar-refractivity contribution in [3.05, 3.63) is 36.2 Å². The average Bonchev–Trinajstić information content (AvgIpc) is 2.50. The molecule has 1 amide bonds. The minimum Gasteiger partial charge on any atom is -0.409 e. The highest BCUT2D eigenvalue weighted by Crippen LogP contribution is 2.10. The zero-order chi connectivity index (χ0) is 14.4. The number of fused-ring (bicyclic) bond motifs is 1. The van der Waals surface area contributed by atoms with E-state index in [1.807, 2.05) is 0 Å². The van der Waals surface area contributed by atoms with Gasteiger partial charge >= 0.3 is 0 Å². The van der Waals surface area contributed by atoms with E-state index in [-0.39, 0.29) is 11.7 Å². The van der Waals surface area contributed by atoms with Crippen LogP contribution in [0.5, 0.6) is 0 Å². The van der Waals surface area contributed by atoms with E-state index in [9.17, 15) is 4.79 Å². The molecule has 0 aliphatic carbocycles. The molecule has 0 aliphatic rings. The number of hydrogen-bond acceptors (Lipinski definition) is 5. The molecule has 1 aromatic heterocycles. The molecule has 20 heavy (non-hydrogen) atoms. The van der Waals surface area contributed by atoms with Crippen LogP contribution in [0.3, 0.4) is 0 Å². The summed E-state index contributed by atoms with van der Waals surface area (Å²) >= 11 is 0. The molecule has 0 unspecified atom stereocenters. The molecule has 4 N–H and O–H groups in total. The van der Waals surface area contributed by atoms with E-state index >= 15 is 0 Å². The van der Waals surface area contributed by atoms with Crippen LogP contribution in [0, 0.1) is 0 Å². The van der Waals surface area contributed by atoms with Gasteiger partial charge in [0.2, 0.25) is 0 Å². The molecule has 0 spiro atoms. The van der Waals surface area contributed by atoms with Crippen LogP contribution in [-0.2, 0) is 0 Å². The molecule has 0 atom stereocenters. The highest BCUT2D eigenvalue weighted by molar-refractivity contribution is 5.97. The maximum absolute atomic E-state index is 11.9. The molecular formula is C13H15N5O2. The maximum Gasteiger partial charge on any atom is 0.251 e. The van der Waals surface area contributed by atoms with E-state index in [2.05, 4.69) is 20.4 Å². The Bertz CT molecular complexity index is 641. The number of rotatable bonds is 5. The highest BCUT2D eigenvalue weighted by atomic mass is 16.4. The van der Waals surface area contributed by atoms with Gasteiger partial charge in [-0.25, -0.2) is 0 Å². The van der Waals surface area contributed by atoms with Crippen LogP contribution in [0.25, 0.3) is 11.0 Å². The van der Waals surface area contributed by atoms with E-state index in [0.717, 1.165) is 5.52 Å². The van der Waals surface area contributed by atoms with Crippen molar-refractivity contribution >= 4 is 22.8 Å². The predicted molar refractivity (Wildman–Crippen MR) is 74.5 cm³/mol. The fraction of sp³-hybridized carbons (Fsp3) is 0.231. The van der Waals surface area contributed by atoms with Gasteiger partial charge < -0.3 is 16.3 Å². The standard InChI is InChI=1S/C13H15N5O2/c14-12(18-20)2-1-5-17-13(19)9-3-4-10-11(8-9)16-7-6-15-10/h3-4,6-8,20H,1-2,5H2,(H2,14,18)(H,17,19). The topological polar surface area (TPSA) is 113 Å². The van der Waals surface area contributed by atoms with Crippen molar-refractivity contribution in [3.63, 3.8) is 0 Å². The molecule has 104 valence electrons.